The van der Waals surface area contributed by atoms with Crippen LogP contribution in [0.1, 0.15) is 18.6 Å². The molecular formula is C24H27N2O3P. The van der Waals surface area contributed by atoms with Crippen LogP contribution in [0.4, 0.5) is 0 Å². The van der Waals surface area contributed by atoms with Crippen LogP contribution in [0, 0.1) is 0 Å². The normalized spacial score (nSPS) is 17.1. The maximum absolute atomic E-state index is 14.2. The van der Waals surface area contributed by atoms with Crippen LogP contribution >= 0.6 is 7.14 Å². The summed E-state index contributed by atoms with van der Waals surface area (Å²) in [5, 5.41) is 4.71. The summed E-state index contributed by atoms with van der Waals surface area (Å²) in [7, 11) is -2.78. The maximum atomic E-state index is 14.2. The number of carbonyl (C=O) groups excluding carboxylic acids is 1. The Bertz CT molecular complexity index is 946. The van der Waals surface area contributed by atoms with Crippen molar-refractivity contribution in [2.75, 3.05) is 19.3 Å². The van der Waals surface area contributed by atoms with Gasteiger partial charge in [-0.25, -0.2) is 0 Å². The van der Waals surface area contributed by atoms with Gasteiger partial charge in [-0.3, -0.25) is 9.69 Å². The van der Waals surface area contributed by atoms with Crippen LogP contribution in [-0.4, -0.2) is 36.1 Å². The molecule has 0 unspecified atom stereocenters. The third kappa shape index (κ3) is 4.58. The highest BCUT2D eigenvalue weighted by Crippen LogP contribution is 2.43. The third-order valence-corrected chi connectivity index (χ3v) is 8.83. The molecule has 1 saturated heterocycles. The van der Waals surface area contributed by atoms with Gasteiger partial charge in [-0.15, -0.1) is 0 Å². The van der Waals surface area contributed by atoms with Gasteiger partial charge in [0.15, 0.2) is 0 Å². The van der Waals surface area contributed by atoms with E-state index in [1.165, 1.54) is 0 Å². The number of nitrogens with zero attached hydrogens (tertiary/aromatic N) is 1. The molecule has 0 aliphatic carbocycles. The zero-order valence-corrected chi connectivity index (χ0v) is 17.8. The minimum Gasteiger partial charge on any atom is -0.467 e. The standard InChI is InChI=1S/C24H27N2O3P/c27-24(25-19-20-9-8-17-29-20)23-14-7-15-26(23)16-18-30(28,21-10-3-1-4-11-21)22-12-5-2-6-13-22/h1-6,8-13,17,23H,7,14-16,18-19H2,(H,25,27)/t23-/m0/s1. The third-order valence-electron chi connectivity index (χ3n) is 5.73. The lowest BCUT2D eigenvalue weighted by molar-refractivity contribution is -0.125. The van der Waals surface area contributed by atoms with E-state index in [1.54, 1.807) is 6.26 Å². The van der Waals surface area contributed by atoms with Crippen LogP contribution in [0.3, 0.4) is 0 Å². The highest BCUT2D eigenvalue weighted by Gasteiger charge is 2.34. The molecule has 1 N–H and O–H groups in total. The lowest BCUT2D eigenvalue weighted by Gasteiger charge is -2.27. The number of likely N-dealkylation sites (tertiary alicyclic amines) is 1. The van der Waals surface area contributed by atoms with Crippen molar-refractivity contribution in [1.82, 2.24) is 10.2 Å². The molecule has 5 nitrogen and oxygen atoms in total. The number of hydrogen-bond acceptors (Lipinski definition) is 4. The molecular weight excluding hydrogens is 395 g/mol. The Morgan fingerprint density at radius 2 is 1.67 bits per heavy atom. The first-order valence-electron chi connectivity index (χ1n) is 10.4. The van der Waals surface area contributed by atoms with Crippen LogP contribution < -0.4 is 15.9 Å². The fourth-order valence-corrected chi connectivity index (χ4v) is 6.77. The molecule has 1 aliphatic heterocycles. The van der Waals surface area contributed by atoms with Crippen LogP contribution in [0.25, 0.3) is 0 Å². The Labute approximate surface area is 177 Å². The first-order valence-corrected chi connectivity index (χ1v) is 12.3. The van der Waals surface area contributed by atoms with Crippen LogP contribution in [0.5, 0.6) is 0 Å². The van der Waals surface area contributed by atoms with Crippen molar-refractivity contribution in [1.29, 1.82) is 0 Å². The second-order valence-electron chi connectivity index (χ2n) is 7.63. The predicted octanol–water partition coefficient (Wildman–Crippen LogP) is 3.37. The van der Waals surface area contributed by atoms with E-state index in [0.29, 0.717) is 19.3 Å². The van der Waals surface area contributed by atoms with Gasteiger partial charge in [0.1, 0.15) is 12.9 Å². The first-order chi connectivity index (χ1) is 14.7. The van der Waals surface area contributed by atoms with Crippen LogP contribution in [0.2, 0.25) is 0 Å². The van der Waals surface area contributed by atoms with E-state index in [0.717, 1.165) is 35.8 Å². The fraction of sp³-hybridized carbons (Fsp3) is 0.292. The fourth-order valence-electron chi connectivity index (χ4n) is 4.11. The number of benzene rings is 2. The molecule has 1 aliphatic rings. The average Bonchev–Trinajstić information content (AvgIpc) is 3.49. The number of rotatable bonds is 8. The summed E-state index contributed by atoms with van der Waals surface area (Å²) in [6, 6.07) is 22.9. The van der Waals surface area contributed by atoms with Crippen molar-refractivity contribution >= 4 is 23.7 Å². The largest absolute Gasteiger partial charge is 0.467 e. The van der Waals surface area contributed by atoms with Crippen molar-refractivity contribution in [3.63, 3.8) is 0 Å². The number of carbonyl (C=O) groups is 1. The summed E-state index contributed by atoms with van der Waals surface area (Å²) >= 11 is 0. The molecule has 0 saturated carbocycles. The summed E-state index contributed by atoms with van der Waals surface area (Å²) in [4.78, 5) is 14.9. The molecule has 2 heterocycles. The van der Waals surface area contributed by atoms with Crippen molar-refractivity contribution in [2.24, 2.45) is 0 Å². The molecule has 3 aromatic rings. The molecule has 30 heavy (non-hydrogen) atoms. The minimum atomic E-state index is -2.78. The molecule has 156 valence electrons. The van der Waals surface area contributed by atoms with E-state index in [4.69, 9.17) is 4.42 Å². The molecule has 6 heteroatoms. The molecule has 4 rings (SSSR count). The Hall–Kier alpha value is -2.62. The number of hydrogen-bond donors (Lipinski definition) is 1. The van der Waals surface area contributed by atoms with Crippen molar-refractivity contribution < 1.29 is 13.8 Å². The highest BCUT2D eigenvalue weighted by molar-refractivity contribution is 7.78. The van der Waals surface area contributed by atoms with Crippen molar-refractivity contribution in [3.8, 4) is 0 Å². The summed E-state index contributed by atoms with van der Waals surface area (Å²) in [5.41, 5.74) is 0. The maximum Gasteiger partial charge on any atom is 0.237 e. The van der Waals surface area contributed by atoms with Crippen LogP contribution in [-0.2, 0) is 15.9 Å². The monoisotopic (exact) mass is 422 g/mol. The lowest BCUT2D eigenvalue weighted by atomic mass is 10.2. The number of amides is 1. The molecule has 0 radical (unpaired) electrons. The Morgan fingerprint density at radius 1 is 1.00 bits per heavy atom. The van der Waals surface area contributed by atoms with Gasteiger partial charge in [0.2, 0.25) is 5.91 Å². The van der Waals surface area contributed by atoms with E-state index in [9.17, 15) is 9.36 Å². The number of nitrogens with one attached hydrogen (secondary N) is 1. The van der Waals surface area contributed by atoms with Crippen LogP contribution in [0.15, 0.2) is 83.5 Å². The molecule has 0 spiro atoms. The Kier molecular flexibility index (Phi) is 6.51. The summed E-state index contributed by atoms with van der Waals surface area (Å²) < 4.78 is 19.5. The Morgan fingerprint density at radius 3 is 2.27 bits per heavy atom. The Balaban J connectivity index is 1.46. The zero-order chi connectivity index (χ0) is 20.8. The van der Waals surface area contributed by atoms with Gasteiger partial charge in [0.05, 0.1) is 18.8 Å². The average molecular weight is 422 g/mol. The van der Waals surface area contributed by atoms with Gasteiger partial charge in [-0.2, -0.15) is 0 Å². The predicted molar refractivity (Wildman–Crippen MR) is 120 cm³/mol. The SMILES string of the molecule is O=C(NCc1ccco1)[C@@H]1CCCN1CCP(=O)(c1ccccc1)c1ccccc1. The highest BCUT2D eigenvalue weighted by atomic mass is 31.2. The summed E-state index contributed by atoms with van der Waals surface area (Å²) in [6.07, 6.45) is 3.92. The zero-order valence-electron chi connectivity index (χ0n) is 16.9. The second-order valence-corrected chi connectivity index (χ2v) is 10.6. The van der Waals surface area contributed by atoms with Gasteiger partial charge in [0.25, 0.3) is 0 Å². The molecule has 0 bridgehead atoms. The van der Waals surface area contributed by atoms with E-state index in [1.807, 2.05) is 72.8 Å². The summed E-state index contributed by atoms with van der Waals surface area (Å²) in [6.45, 7) is 1.87. The second kappa shape index (κ2) is 9.46. The molecule has 1 atom stereocenters. The quantitative estimate of drug-likeness (QED) is 0.566. The van der Waals surface area contributed by atoms with Gasteiger partial charge in [-0.1, -0.05) is 60.7 Å². The van der Waals surface area contributed by atoms with E-state index in [-0.39, 0.29) is 11.9 Å². The van der Waals surface area contributed by atoms with Crippen molar-refractivity contribution in [3.05, 3.63) is 84.8 Å². The smallest absolute Gasteiger partial charge is 0.237 e. The lowest BCUT2D eigenvalue weighted by Crippen LogP contribution is -2.44. The topological polar surface area (TPSA) is 62.6 Å². The summed E-state index contributed by atoms with van der Waals surface area (Å²) in [5.74, 6) is 0.753. The molecule has 1 amide bonds. The molecule has 1 fully saturated rings. The van der Waals surface area contributed by atoms with Gasteiger partial charge >= 0.3 is 0 Å². The van der Waals surface area contributed by atoms with Crippen molar-refractivity contribution in [2.45, 2.75) is 25.4 Å². The van der Waals surface area contributed by atoms with Gasteiger partial charge < -0.3 is 14.3 Å². The van der Waals surface area contributed by atoms with Gasteiger partial charge in [-0.05, 0) is 31.5 Å². The first kappa shape index (κ1) is 20.6. The minimum absolute atomic E-state index is 0.0122. The van der Waals surface area contributed by atoms with E-state index < -0.39 is 7.14 Å². The van der Waals surface area contributed by atoms with E-state index in [2.05, 4.69) is 10.2 Å². The molecule has 1 aromatic heterocycles. The number of furan rings is 1. The molecule has 2 aromatic carbocycles. The van der Waals surface area contributed by atoms with E-state index >= 15 is 0 Å². The van der Waals surface area contributed by atoms with Gasteiger partial charge in [0, 0.05) is 23.3 Å².